The zero-order valence-electron chi connectivity index (χ0n) is 13.2. The van der Waals surface area contributed by atoms with E-state index in [1.54, 1.807) is 7.11 Å². The van der Waals surface area contributed by atoms with Crippen molar-refractivity contribution in [1.82, 2.24) is 5.32 Å². The summed E-state index contributed by atoms with van der Waals surface area (Å²) >= 11 is 5.43. The fourth-order valence-corrected chi connectivity index (χ4v) is 2.75. The highest BCUT2D eigenvalue weighted by atomic mass is 32.1. The van der Waals surface area contributed by atoms with Gasteiger partial charge in [0.15, 0.2) is 5.11 Å². The second-order valence-electron chi connectivity index (χ2n) is 5.83. The fraction of sp³-hybridized carbons (Fsp3) is 0.278. The van der Waals surface area contributed by atoms with Gasteiger partial charge in [-0.05, 0) is 50.2 Å². The summed E-state index contributed by atoms with van der Waals surface area (Å²) in [4.78, 5) is 0. The second-order valence-corrected chi connectivity index (χ2v) is 6.23. The van der Waals surface area contributed by atoms with Crippen LogP contribution < -0.4 is 15.4 Å². The standard InChI is InChI=1S/C18H22N2OS/c1-18(2,13-14-9-5-4-6-10-14)20-17(22)19-15-11-7-8-12-16(15)21-3/h4-12H,13H2,1-3H3,(H2,19,20,22). The van der Waals surface area contributed by atoms with Gasteiger partial charge in [0, 0.05) is 5.54 Å². The summed E-state index contributed by atoms with van der Waals surface area (Å²) in [6.07, 6.45) is 0.890. The van der Waals surface area contributed by atoms with Crippen molar-refractivity contribution < 1.29 is 4.74 Å². The van der Waals surface area contributed by atoms with Crippen molar-refractivity contribution in [2.75, 3.05) is 12.4 Å². The SMILES string of the molecule is COc1ccccc1NC(=S)NC(C)(C)Cc1ccccc1. The van der Waals surface area contributed by atoms with Gasteiger partial charge in [-0.1, -0.05) is 42.5 Å². The lowest BCUT2D eigenvalue weighted by Gasteiger charge is -2.28. The van der Waals surface area contributed by atoms with Gasteiger partial charge in [0.25, 0.3) is 0 Å². The Balaban J connectivity index is 1.98. The predicted molar refractivity (Wildman–Crippen MR) is 96.6 cm³/mol. The molecule has 2 rings (SSSR count). The monoisotopic (exact) mass is 314 g/mol. The number of anilines is 1. The highest BCUT2D eigenvalue weighted by Crippen LogP contribution is 2.23. The lowest BCUT2D eigenvalue weighted by Crippen LogP contribution is -2.47. The summed E-state index contributed by atoms with van der Waals surface area (Å²) in [6, 6.07) is 18.1. The summed E-state index contributed by atoms with van der Waals surface area (Å²) < 4.78 is 5.32. The molecule has 0 aliphatic rings. The molecule has 0 aromatic heterocycles. The number of benzene rings is 2. The minimum Gasteiger partial charge on any atom is -0.495 e. The van der Waals surface area contributed by atoms with Crippen molar-refractivity contribution in [3.63, 3.8) is 0 Å². The summed E-state index contributed by atoms with van der Waals surface area (Å²) in [5.74, 6) is 0.771. The van der Waals surface area contributed by atoms with Crippen LogP contribution in [0, 0.1) is 0 Å². The van der Waals surface area contributed by atoms with E-state index in [1.807, 2.05) is 30.3 Å². The Morgan fingerprint density at radius 3 is 2.36 bits per heavy atom. The van der Waals surface area contributed by atoms with Gasteiger partial charge in [0.2, 0.25) is 0 Å². The third kappa shape index (κ3) is 4.74. The molecular formula is C18H22N2OS. The molecule has 0 fully saturated rings. The first-order chi connectivity index (χ1) is 10.5. The van der Waals surface area contributed by atoms with Crippen LogP contribution in [0.3, 0.4) is 0 Å². The highest BCUT2D eigenvalue weighted by molar-refractivity contribution is 7.80. The zero-order valence-corrected chi connectivity index (χ0v) is 14.0. The number of thiocarbonyl (C=S) groups is 1. The second kappa shape index (κ2) is 7.27. The maximum Gasteiger partial charge on any atom is 0.171 e. The smallest absolute Gasteiger partial charge is 0.171 e. The third-order valence-corrected chi connectivity index (χ3v) is 3.50. The molecule has 0 amide bonds. The number of nitrogens with one attached hydrogen (secondary N) is 2. The van der Waals surface area contributed by atoms with Crippen LogP contribution in [-0.2, 0) is 6.42 Å². The first-order valence-corrected chi connectivity index (χ1v) is 7.67. The molecule has 0 aliphatic heterocycles. The lowest BCUT2D eigenvalue weighted by atomic mass is 9.95. The van der Waals surface area contributed by atoms with Crippen molar-refractivity contribution in [2.45, 2.75) is 25.8 Å². The molecule has 0 atom stereocenters. The number of hydrogen-bond donors (Lipinski definition) is 2. The Morgan fingerprint density at radius 1 is 1.05 bits per heavy atom. The molecule has 0 bridgehead atoms. The number of para-hydroxylation sites is 2. The molecule has 0 aliphatic carbocycles. The molecule has 116 valence electrons. The maximum absolute atomic E-state index is 5.43. The van der Waals surface area contributed by atoms with Crippen molar-refractivity contribution >= 4 is 23.0 Å². The van der Waals surface area contributed by atoms with E-state index in [2.05, 4.69) is 48.7 Å². The largest absolute Gasteiger partial charge is 0.495 e. The van der Waals surface area contributed by atoms with Crippen LogP contribution in [0.15, 0.2) is 54.6 Å². The van der Waals surface area contributed by atoms with Gasteiger partial charge in [-0.15, -0.1) is 0 Å². The minimum atomic E-state index is -0.145. The average Bonchev–Trinajstić information content (AvgIpc) is 2.47. The van der Waals surface area contributed by atoms with Crippen LogP contribution in [0.25, 0.3) is 0 Å². The lowest BCUT2D eigenvalue weighted by molar-refractivity contribution is 0.416. The van der Waals surface area contributed by atoms with Crippen LogP contribution in [0.4, 0.5) is 5.69 Å². The molecule has 3 nitrogen and oxygen atoms in total. The van der Waals surface area contributed by atoms with E-state index in [0.717, 1.165) is 17.9 Å². The van der Waals surface area contributed by atoms with Crippen LogP contribution in [0.1, 0.15) is 19.4 Å². The summed E-state index contributed by atoms with van der Waals surface area (Å²) in [7, 11) is 1.65. The molecule has 2 N–H and O–H groups in total. The van der Waals surface area contributed by atoms with Crippen molar-refractivity contribution in [3.05, 3.63) is 60.2 Å². The molecular weight excluding hydrogens is 292 g/mol. The first-order valence-electron chi connectivity index (χ1n) is 7.26. The van der Waals surface area contributed by atoms with Crippen LogP contribution >= 0.6 is 12.2 Å². The fourth-order valence-electron chi connectivity index (χ4n) is 2.36. The van der Waals surface area contributed by atoms with E-state index in [-0.39, 0.29) is 5.54 Å². The Kier molecular flexibility index (Phi) is 5.39. The Bertz CT molecular complexity index is 626. The van der Waals surface area contributed by atoms with E-state index in [1.165, 1.54) is 5.56 Å². The third-order valence-electron chi connectivity index (χ3n) is 3.30. The van der Waals surface area contributed by atoms with Gasteiger partial charge in [0.1, 0.15) is 5.75 Å². The van der Waals surface area contributed by atoms with Gasteiger partial charge < -0.3 is 15.4 Å². The van der Waals surface area contributed by atoms with Crippen molar-refractivity contribution in [1.29, 1.82) is 0 Å². The maximum atomic E-state index is 5.43. The van der Waals surface area contributed by atoms with Crippen LogP contribution in [0.5, 0.6) is 5.75 Å². The number of hydrogen-bond acceptors (Lipinski definition) is 2. The van der Waals surface area contributed by atoms with Gasteiger partial charge >= 0.3 is 0 Å². The average molecular weight is 314 g/mol. The number of methoxy groups -OCH3 is 1. The van der Waals surface area contributed by atoms with Crippen LogP contribution in [0.2, 0.25) is 0 Å². The van der Waals surface area contributed by atoms with E-state index < -0.39 is 0 Å². The van der Waals surface area contributed by atoms with Gasteiger partial charge in [-0.25, -0.2) is 0 Å². The first kappa shape index (κ1) is 16.3. The highest BCUT2D eigenvalue weighted by Gasteiger charge is 2.19. The summed E-state index contributed by atoms with van der Waals surface area (Å²) in [6.45, 7) is 4.27. The van der Waals surface area contributed by atoms with Crippen LogP contribution in [-0.4, -0.2) is 17.8 Å². The molecule has 0 spiro atoms. The van der Waals surface area contributed by atoms with E-state index in [4.69, 9.17) is 17.0 Å². The predicted octanol–water partition coefficient (Wildman–Crippen LogP) is 4.00. The zero-order chi connectivity index (χ0) is 16.0. The molecule has 0 heterocycles. The normalized spacial score (nSPS) is 10.9. The molecule has 0 saturated carbocycles. The topological polar surface area (TPSA) is 33.3 Å². The molecule has 2 aromatic carbocycles. The molecule has 0 unspecified atom stereocenters. The van der Waals surface area contributed by atoms with Crippen molar-refractivity contribution in [3.8, 4) is 5.75 Å². The Hall–Kier alpha value is -2.07. The van der Waals surface area contributed by atoms with Gasteiger partial charge in [0.05, 0.1) is 12.8 Å². The molecule has 22 heavy (non-hydrogen) atoms. The van der Waals surface area contributed by atoms with Gasteiger partial charge in [-0.3, -0.25) is 0 Å². The number of rotatable bonds is 5. The Labute approximate surface area is 137 Å². The van der Waals surface area contributed by atoms with Crippen molar-refractivity contribution in [2.24, 2.45) is 0 Å². The molecule has 4 heteroatoms. The molecule has 2 aromatic rings. The van der Waals surface area contributed by atoms with Gasteiger partial charge in [-0.2, -0.15) is 0 Å². The Morgan fingerprint density at radius 2 is 1.68 bits per heavy atom. The minimum absolute atomic E-state index is 0.145. The summed E-state index contributed by atoms with van der Waals surface area (Å²) in [5, 5.41) is 7.16. The van der Waals surface area contributed by atoms with E-state index >= 15 is 0 Å². The van der Waals surface area contributed by atoms with E-state index in [0.29, 0.717) is 5.11 Å². The molecule has 0 radical (unpaired) electrons. The molecule has 0 saturated heterocycles. The van der Waals surface area contributed by atoms with E-state index in [9.17, 15) is 0 Å². The number of ether oxygens (including phenoxy) is 1. The summed E-state index contributed by atoms with van der Waals surface area (Å²) in [5.41, 5.74) is 1.99. The quantitative estimate of drug-likeness (QED) is 0.817.